The SMILES string of the molecule is O=S(=O)(NCCNc1cc(-n2cccc2)ncn1)c1ccc(OC(F)(F)F)cc1. The molecule has 0 bridgehead atoms. The van der Waals surface area contributed by atoms with Crippen LogP contribution in [-0.2, 0) is 10.0 Å². The minimum Gasteiger partial charge on any atom is -0.406 e. The Kier molecular flexibility index (Phi) is 6.03. The van der Waals surface area contributed by atoms with E-state index in [1.54, 1.807) is 10.6 Å². The van der Waals surface area contributed by atoms with E-state index in [1.165, 1.54) is 6.33 Å². The molecule has 2 aromatic heterocycles. The summed E-state index contributed by atoms with van der Waals surface area (Å²) in [5, 5.41) is 2.97. The van der Waals surface area contributed by atoms with Gasteiger partial charge in [-0.3, -0.25) is 0 Å². The van der Waals surface area contributed by atoms with Gasteiger partial charge in [0.1, 0.15) is 23.7 Å². The van der Waals surface area contributed by atoms with Gasteiger partial charge in [-0.15, -0.1) is 13.2 Å². The third kappa shape index (κ3) is 5.93. The molecule has 1 aromatic carbocycles. The molecule has 2 heterocycles. The van der Waals surface area contributed by atoms with Crippen LogP contribution >= 0.6 is 0 Å². The Hall–Kier alpha value is -3.12. The fraction of sp³-hybridized carbons (Fsp3) is 0.176. The van der Waals surface area contributed by atoms with Gasteiger partial charge in [0.15, 0.2) is 0 Å². The zero-order valence-electron chi connectivity index (χ0n) is 14.8. The molecule has 0 radical (unpaired) electrons. The zero-order chi connectivity index (χ0) is 20.9. The maximum absolute atomic E-state index is 12.2. The Labute approximate surface area is 164 Å². The van der Waals surface area contributed by atoms with Gasteiger partial charge in [-0.05, 0) is 36.4 Å². The van der Waals surface area contributed by atoms with Crippen molar-refractivity contribution < 1.29 is 26.3 Å². The molecule has 0 unspecified atom stereocenters. The molecular weight excluding hydrogens is 411 g/mol. The molecule has 3 rings (SSSR count). The summed E-state index contributed by atoms with van der Waals surface area (Å²) in [7, 11) is -3.88. The van der Waals surface area contributed by atoms with Crippen LogP contribution in [0.25, 0.3) is 5.82 Å². The van der Waals surface area contributed by atoms with E-state index in [1.807, 2.05) is 24.5 Å². The van der Waals surface area contributed by atoms with Crippen LogP contribution in [0, 0.1) is 0 Å². The lowest BCUT2D eigenvalue weighted by molar-refractivity contribution is -0.274. The minimum absolute atomic E-state index is 0.0337. The highest BCUT2D eigenvalue weighted by Crippen LogP contribution is 2.23. The van der Waals surface area contributed by atoms with Crippen LogP contribution in [0.3, 0.4) is 0 Å². The average molecular weight is 427 g/mol. The molecule has 2 N–H and O–H groups in total. The number of nitrogens with zero attached hydrogens (tertiary/aromatic N) is 3. The largest absolute Gasteiger partial charge is 0.573 e. The zero-order valence-corrected chi connectivity index (χ0v) is 15.6. The summed E-state index contributed by atoms with van der Waals surface area (Å²) in [6, 6.07) is 9.34. The monoisotopic (exact) mass is 427 g/mol. The Bertz CT molecular complexity index is 1040. The van der Waals surface area contributed by atoms with E-state index >= 15 is 0 Å². The van der Waals surface area contributed by atoms with Crippen molar-refractivity contribution in [1.29, 1.82) is 0 Å². The molecule has 0 fully saturated rings. The highest BCUT2D eigenvalue weighted by Gasteiger charge is 2.31. The first-order valence-electron chi connectivity index (χ1n) is 8.28. The minimum atomic E-state index is -4.84. The summed E-state index contributed by atoms with van der Waals surface area (Å²) in [6.07, 6.45) is 0.190. The second-order valence-electron chi connectivity index (χ2n) is 5.70. The summed E-state index contributed by atoms with van der Waals surface area (Å²) < 4.78 is 68.8. The van der Waals surface area contributed by atoms with Gasteiger partial charge in [-0.25, -0.2) is 23.1 Å². The Morgan fingerprint density at radius 3 is 2.38 bits per heavy atom. The Balaban J connectivity index is 1.53. The molecule has 154 valence electrons. The van der Waals surface area contributed by atoms with Gasteiger partial charge in [-0.2, -0.15) is 0 Å². The lowest BCUT2D eigenvalue weighted by atomic mass is 10.3. The van der Waals surface area contributed by atoms with E-state index in [0.717, 1.165) is 24.3 Å². The van der Waals surface area contributed by atoms with Crippen molar-refractivity contribution in [3.63, 3.8) is 0 Å². The molecule has 0 aliphatic carbocycles. The van der Waals surface area contributed by atoms with Crippen molar-refractivity contribution in [3.8, 4) is 11.6 Å². The molecule has 8 nitrogen and oxygen atoms in total. The summed E-state index contributed by atoms with van der Waals surface area (Å²) in [6.45, 7) is 0.266. The van der Waals surface area contributed by atoms with Gasteiger partial charge in [-0.1, -0.05) is 0 Å². The maximum Gasteiger partial charge on any atom is 0.573 e. The standard InChI is InChI=1S/C17H16F3N5O3S/c18-17(19,20)28-13-3-5-14(6-4-13)29(26,27)24-8-7-21-15-11-16(23-12-22-15)25-9-1-2-10-25/h1-6,9-12,24H,7-8H2,(H,21,22,23). The number of hydrogen-bond donors (Lipinski definition) is 2. The summed E-state index contributed by atoms with van der Waals surface area (Å²) in [5.41, 5.74) is 0. The molecular formula is C17H16F3N5O3S. The highest BCUT2D eigenvalue weighted by molar-refractivity contribution is 7.89. The quantitative estimate of drug-likeness (QED) is 0.536. The number of anilines is 1. The Morgan fingerprint density at radius 2 is 1.72 bits per heavy atom. The van der Waals surface area contributed by atoms with Crippen molar-refractivity contribution in [2.45, 2.75) is 11.3 Å². The van der Waals surface area contributed by atoms with E-state index in [2.05, 4.69) is 24.7 Å². The van der Waals surface area contributed by atoms with Crippen LogP contribution in [0.5, 0.6) is 5.75 Å². The predicted molar refractivity (Wildman–Crippen MR) is 98.2 cm³/mol. The molecule has 29 heavy (non-hydrogen) atoms. The van der Waals surface area contributed by atoms with Crippen LogP contribution in [0.15, 0.2) is 66.1 Å². The molecule has 0 aliphatic heterocycles. The van der Waals surface area contributed by atoms with Crippen molar-refractivity contribution in [2.24, 2.45) is 0 Å². The topological polar surface area (TPSA) is 98.1 Å². The van der Waals surface area contributed by atoms with Crippen LogP contribution in [0.4, 0.5) is 19.0 Å². The summed E-state index contributed by atoms with van der Waals surface area (Å²) in [4.78, 5) is 8.02. The number of sulfonamides is 1. The van der Waals surface area contributed by atoms with Gasteiger partial charge in [0.05, 0.1) is 4.90 Å². The number of hydrogen-bond acceptors (Lipinski definition) is 6. The number of nitrogens with one attached hydrogen (secondary N) is 2. The van der Waals surface area contributed by atoms with Crippen LogP contribution in [-0.4, -0.2) is 42.4 Å². The fourth-order valence-corrected chi connectivity index (χ4v) is 3.38. The summed E-state index contributed by atoms with van der Waals surface area (Å²) >= 11 is 0. The van der Waals surface area contributed by atoms with Crippen molar-refractivity contribution >= 4 is 15.8 Å². The molecule has 0 aliphatic rings. The highest BCUT2D eigenvalue weighted by atomic mass is 32.2. The van der Waals surface area contributed by atoms with Gasteiger partial charge < -0.3 is 14.6 Å². The summed E-state index contributed by atoms with van der Waals surface area (Å²) in [5.74, 6) is 0.658. The van der Waals surface area contributed by atoms with Crippen molar-refractivity contribution in [2.75, 3.05) is 18.4 Å². The molecule has 0 spiro atoms. The number of ether oxygens (including phenoxy) is 1. The van der Waals surface area contributed by atoms with Crippen LogP contribution < -0.4 is 14.8 Å². The van der Waals surface area contributed by atoms with Crippen LogP contribution in [0.1, 0.15) is 0 Å². The van der Waals surface area contributed by atoms with Gasteiger partial charge in [0, 0.05) is 31.5 Å². The first kappa shape index (κ1) is 20.6. The van der Waals surface area contributed by atoms with E-state index in [-0.39, 0.29) is 18.0 Å². The first-order chi connectivity index (χ1) is 13.7. The lowest BCUT2D eigenvalue weighted by Gasteiger charge is -2.11. The first-order valence-corrected chi connectivity index (χ1v) is 9.76. The lowest BCUT2D eigenvalue weighted by Crippen LogP contribution is -2.29. The fourth-order valence-electron chi connectivity index (χ4n) is 2.35. The smallest absolute Gasteiger partial charge is 0.406 e. The molecule has 0 amide bonds. The molecule has 0 saturated heterocycles. The second-order valence-corrected chi connectivity index (χ2v) is 7.46. The second kappa shape index (κ2) is 8.49. The van der Waals surface area contributed by atoms with Crippen molar-refractivity contribution in [1.82, 2.24) is 19.3 Å². The van der Waals surface area contributed by atoms with Gasteiger partial charge in [0.25, 0.3) is 0 Å². The molecule has 3 aromatic rings. The molecule has 0 saturated carbocycles. The van der Waals surface area contributed by atoms with Gasteiger partial charge >= 0.3 is 6.36 Å². The number of alkyl halides is 3. The van der Waals surface area contributed by atoms with Crippen molar-refractivity contribution in [3.05, 3.63) is 61.2 Å². The third-order valence-electron chi connectivity index (χ3n) is 3.61. The number of rotatable bonds is 8. The van der Waals surface area contributed by atoms with Gasteiger partial charge in [0.2, 0.25) is 10.0 Å². The molecule has 0 atom stereocenters. The van der Waals surface area contributed by atoms with E-state index in [4.69, 9.17) is 0 Å². The number of halogens is 3. The Morgan fingerprint density at radius 1 is 1.03 bits per heavy atom. The third-order valence-corrected chi connectivity index (χ3v) is 5.09. The predicted octanol–water partition coefficient (Wildman–Crippen LogP) is 2.56. The number of aromatic nitrogens is 3. The number of benzene rings is 1. The van der Waals surface area contributed by atoms with Crippen LogP contribution in [0.2, 0.25) is 0 Å². The normalized spacial score (nSPS) is 12.0. The maximum atomic E-state index is 12.2. The van der Waals surface area contributed by atoms with E-state index < -0.39 is 22.1 Å². The van der Waals surface area contributed by atoms with E-state index in [0.29, 0.717) is 11.6 Å². The average Bonchev–Trinajstić information content (AvgIpc) is 3.20. The van der Waals surface area contributed by atoms with E-state index in [9.17, 15) is 21.6 Å². The molecule has 12 heteroatoms.